The van der Waals surface area contributed by atoms with Crippen LogP contribution in [0.25, 0.3) is 17.2 Å². The van der Waals surface area contributed by atoms with Gasteiger partial charge in [-0.05, 0) is 52.5 Å². The van der Waals surface area contributed by atoms with E-state index in [9.17, 15) is 13.2 Å². The molecule has 0 amide bonds. The molecule has 0 bridgehead atoms. The van der Waals surface area contributed by atoms with E-state index in [-0.39, 0.29) is 32.8 Å². The Morgan fingerprint density at radius 2 is 1.97 bits per heavy atom. The maximum atomic E-state index is 12.3. The van der Waals surface area contributed by atoms with E-state index < -0.39 is 21.5 Å². The number of ether oxygens (including phenoxy) is 1. The molecule has 0 atom stereocenters. The van der Waals surface area contributed by atoms with Crippen LogP contribution in [0, 0.1) is 5.41 Å². The van der Waals surface area contributed by atoms with E-state index in [1.54, 1.807) is 42.7 Å². The van der Waals surface area contributed by atoms with Crippen LogP contribution in [0.2, 0.25) is 5.02 Å². The molecule has 3 rings (SSSR count). The minimum Gasteiger partial charge on any atom is -0.450 e. The number of esters is 1. The van der Waals surface area contributed by atoms with Crippen molar-refractivity contribution in [2.75, 3.05) is 23.8 Å². The Bertz CT molecular complexity index is 1370. The summed E-state index contributed by atoms with van der Waals surface area (Å²) in [6.45, 7) is 0. The van der Waals surface area contributed by atoms with Gasteiger partial charge in [0.2, 0.25) is 5.89 Å². The van der Waals surface area contributed by atoms with Gasteiger partial charge in [0, 0.05) is 11.8 Å². The maximum absolute atomic E-state index is 12.3. The molecule has 13 heteroatoms. The average Bonchev–Trinajstić information content (AvgIpc) is 3.30. The van der Waals surface area contributed by atoms with Crippen LogP contribution >= 0.6 is 39.3 Å². The zero-order chi connectivity index (χ0) is 24.9. The number of halogens is 2. The summed E-state index contributed by atoms with van der Waals surface area (Å²) in [5.74, 6) is -0.819. The van der Waals surface area contributed by atoms with Gasteiger partial charge in [-0.2, -0.15) is 0 Å². The highest BCUT2D eigenvalue weighted by Crippen LogP contribution is 2.31. The fourth-order valence-corrected chi connectivity index (χ4v) is 4.10. The van der Waals surface area contributed by atoms with Crippen LogP contribution in [0.4, 0.5) is 5.69 Å². The number of nitrogens with zero attached hydrogens (tertiary/aromatic N) is 2. The molecule has 34 heavy (non-hydrogen) atoms. The Morgan fingerprint density at radius 1 is 1.24 bits per heavy atom. The number of carbonyl (C=O) groups excluding carboxylic acids is 1. The van der Waals surface area contributed by atoms with Gasteiger partial charge in [-0.1, -0.05) is 29.8 Å². The number of hydrogen-bond donors (Lipinski definition) is 2. The van der Waals surface area contributed by atoms with Crippen molar-refractivity contribution < 1.29 is 22.4 Å². The van der Waals surface area contributed by atoms with Gasteiger partial charge in [-0.15, -0.1) is 22.0 Å². The van der Waals surface area contributed by atoms with E-state index in [1.807, 2.05) is 0 Å². The molecule has 178 valence electrons. The highest BCUT2D eigenvalue weighted by Gasteiger charge is 2.24. The summed E-state index contributed by atoms with van der Waals surface area (Å²) >= 11 is 10.8. The third kappa shape index (κ3) is 6.26. The van der Waals surface area contributed by atoms with E-state index in [0.29, 0.717) is 16.3 Å². The van der Waals surface area contributed by atoms with Gasteiger partial charge in [0.1, 0.15) is 11.6 Å². The molecule has 2 aromatic carbocycles. The maximum Gasteiger partial charge on any atom is 0.358 e. The van der Waals surface area contributed by atoms with Gasteiger partial charge in [0.15, 0.2) is 15.5 Å². The summed E-state index contributed by atoms with van der Waals surface area (Å²) in [6.07, 6.45) is 2.85. The van der Waals surface area contributed by atoms with Gasteiger partial charge in [-0.3, -0.25) is 5.41 Å². The Kier molecular flexibility index (Phi) is 8.52. The number of para-hydroxylation sites is 1. The standard InChI is InChI=1S/C21H18BrClN4O5S2/c1-33-11-31-21(28)17(24)16(22)18(25-15-9-4-3-8-14(15)23)20-27-26-19(32-20)12-6-5-7-13(10-12)34(2,29)30/h3-10,24-25H,11H2,1-2H3/b18-16+,24-17?. The molecule has 0 fully saturated rings. The molecule has 0 saturated carbocycles. The fraction of sp³-hybridized carbons (Fsp3) is 0.143. The Balaban J connectivity index is 2.06. The van der Waals surface area contributed by atoms with Gasteiger partial charge < -0.3 is 14.5 Å². The summed E-state index contributed by atoms with van der Waals surface area (Å²) in [6, 6.07) is 12.9. The summed E-state index contributed by atoms with van der Waals surface area (Å²) in [7, 11) is -3.45. The number of carbonyl (C=O) groups is 1. The Morgan fingerprint density at radius 3 is 2.65 bits per heavy atom. The molecule has 0 aliphatic carbocycles. The zero-order valence-corrected chi connectivity index (χ0v) is 21.8. The van der Waals surface area contributed by atoms with Crippen molar-refractivity contribution in [1.29, 1.82) is 5.41 Å². The lowest BCUT2D eigenvalue weighted by Crippen LogP contribution is -2.19. The quantitative estimate of drug-likeness (QED) is 0.205. The van der Waals surface area contributed by atoms with Gasteiger partial charge in [0.05, 0.1) is 20.1 Å². The molecule has 3 aromatic rings. The second-order valence-corrected chi connectivity index (χ2v) is 10.7. The van der Waals surface area contributed by atoms with E-state index >= 15 is 0 Å². The van der Waals surface area contributed by atoms with Crippen LogP contribution in [0.3, 0.4) is 0 Å². The number of sulfone groups is 1. The van der Waals surface area contributed by atoms with Crippen molar-refractivity contribution in [2.45, 2.75) is 4.90 Å². The smallest absolute Gasteiger partial charge is 0.358 e. The van der Waals surface area contributed by atoms with Crippen LogP contribution in [-0.2, 0) is 19.4 Å². The van der Waals surface area contributed by atoms with E-state index in [4.69, 9.17) is 26.2 Å². The lowest BCUT2D eigenvalue weighted by molar-refractivity contribution is -0.133. The molecular weight excluding hydrogens is 568 g/mol. The van der Waals surface area contributed by atoms with Crippen molar-refractivity contribution in [3.05, 3.63) is 63.9 Å². The van der Waals surface area contributed by atoms with E-state index in [1.165, 1.54) is 23.9 Å². The predicted octanol–water partition coefficient (Wildman–Crippen LogP) is 4.85. The summed E-state index contributed by atoms with van der Waals surface area (Å²) in [5, 5.41) is 19.6. The number of anilines is 1. The highest BCUT2D eigenvalue weighted by atomic mass is 79.9. The largest absolute Gasteiger partial charge is 0.450 e. The highest BCUT2D eigenvalue weighted by molar-refractivity contribution is 9.12. The van der Waals surface area contributed by atoms with Crippen molar-refractivity contribution in [3.63, 3.8) is 0 Å². The molecule has 1 aromatic heterocycles. The Labute approximate surface area is 213 Å². The van der Waals surface area contributed by atoms with Crippen molar-refractivity contribution >= 4 is 72.2 Å². The van der Waals surface area contributed by atoms with Gasteiger partial charge >= 0.3 is 5.97 Å². The SMILES string of the molecule is CSCOC(=O)C(=N)/C(Br)=C(\Nc1ccccc1Cl)c1nnc(-c2cccc(S(C)(=O)=O)c2)o1. The monoisotopic (exact) mass is 584 g/mol. The van der Waals surface area contributed by atoms with Crippen molar-refractivity contribution in [2.24, 2.45) is 0 Å². The van der Waals surface area contributed by atoms with Crippen LogP contribution in [0.15, 0.2) is 62.3 Å². The van der Waals surface area contributed by atoms with Crippen LogP contribution < -0.4 is 5.32 Å². The number of aromatic nitrogens is 2. The molecule has 0 spiro atoms. The molecule has 0 saturated heterocycles. The number of thioether (sulfide) groups is 1. The number of benzene rings is 2. The van der Waals surface area contributed by atoms with E-state index in [2.05, 4.69) is 31.4 Å². The first kappa shape index (κ1) is 25.9. The first-order valence-corrected chi connectivity index (χ1v) is 13.9. The number of nitrogens with one attached hydrogen (secondary N) is 2. The third-order valence-corrected chi connectivity index (χ3v) is 6.82. The lowest BCUT2D eigenvalue weighted by Gasteiger charge is -2.12. The second kappa shape index (κ2) is 11.2. The van der Waals surface area contributed by atoms with Crippen LogP contribution in [-0.4, -0.2) is 48.7 Å². The first-order valence-electron chi connectivity index (χ1n) is 9.42. The molecule has 0 radical (unpaired) electrons. The molecule has 0 aliphatic heterocycles. The van der Waals surface area contributed by atoms with Crippen molar-refractivity contribution in [1.82, 2.24) is 10.2 Å². The molecular formula is C21H18BrClN4O5S2. The average molecular weight is 586 g/mol. The molecule has 0 unspecified atom stereocenters. The normalized spacial score (nSPS) is 12.1. The fourth-order valence-electron chi connectivity index (χ4n) is 2.60. The minimum absolute atomic E-state index is 0.00129. The first-order chi connectivity index (χ1) is 16.1. The topological polar surface area (TPSA) is 135 Å². The van der Waals surface area contributed by atoms with E-state index in [0.717, 1.165) is 6.26 Å². The molecule has 1 heterocycles. The van der Waals surface area contributed by atoms with Crippen LogP contribution in [0.5, 0.6) is 0 Å². The van der Waals surface area contributed by atoms with Crippen molar-refractivity contribution in [3.8, 4) is 11.5 Å². The molecule has 0 aliphatic rings. The molecule has 9 nitrogen and oxygen atoms in total. The summed E-state index contributed by atoms with van der Waals surface area (Å²) in [4.78, 5) is 12.3. The Hall–Kier alpha value is -2.67. The van der Waals surface area contributed by atoms with Gasteiger partial charge in [-0.25, -0.2) is 13.2 Å². The summed E-state index contributed by atoms with van der Waals surface area (Å²) in [5.41, 5.74) is 0.448. The minimum atomic E-state index is -3.45. The second-order valence-electron chi connectivity index (χ2n) is 6.72. The third-order valence-electron chi connectivity index (χ3n) is 4.23. The number of rotatable bonds is 9. The van der Waals surface area contributed by atoms with Crippen LogP contribution in [0.1, 0.15) is 5.89 Å². The lowest BCUT2D eigenvalue weighted by atomic mass is 10.2. The molecule has 2 N–H and O–H groups in total. The van der Waals surface area contributed by atoms with Gasteiger partial charge in [0.25, 0.3) is 5.89 Å². The summed E-state index contributed by atoms with van der Waals surface area (Å²) < 4.78 is 34.6. The predicted molar refractivity (Wildman–Crippen MR) is 136 cm³/mol. The number of hydrogen-bond acceptors (Lipinski definition) is 10. The zero-order valence-electron chi connectivity index (χ0n) is 17.8.